The Bertz CT molecular complexity index is 2300. The van der Waals surface area contributed by atoms with Crippen molar-refractivity contribution < 1.29 is 13.9 Å². The first-order chi connectivity index (χ1) is 20.1. The van der Waals surface area contributed by atoms with Gasteiger partial charge >= 0.3 is 0 Å². The zero-order valence-corrected chi connectivity index (χ0v) is 23.2. The molecule has 0 saturated heterocycles. The van der Waals surface area contributed by atoms with E-state index in [2.05, 4.69) is 77.4 Å². The van der Waals surface area contributed by atoms with Crippen LogP contribution in [-0.4, -0.2) is 18.8 Å². The average molecular weight is 554 g/mol. The molecular weight excluding hydrogens is 530 g/mol. The minimum absolute atomic E-state index is 0.696. The maximum absolute atomic E-state index is 7.11. The summed E-state index contributed by atoms with van der Waals surface area (Å²) in [7, 11) is 3.36. The molecular formula is C36H24ClNO3. The Morgan fingerprint density at radius 2 is 1.34 bits per heavy atom. The van der Waals surface area contributed by atoms with Crippen LogP contribution in [0.25, 0.3) is 71.3 Å². The fourth-order valence-electron chi connectivity index (χ4n) is 6.02. The van der Waals surface area contributed by atoms with E-state index in [1.165, 1.54) is 0 Å². The van der Waals surface area contributed by atoms with E-state index in [0.717, 1.165) is 82.8 Å². The fraction of sp³-hybridized carbons (Fsp3) is 0.0556. The van der Waals surface area contributed by atoms with Crippen molar-refractivity contribution in [3.63, 3.8) is 0 Å². The normalized spacial score (nSPS) is 11.8. The topological polar surface area (TPSA) is 36.5 Å². The molecule has 8 aromatic rings. The van der Waals surface area contributed by atoms with Gasteiger partial charge in [-0.1, -0.05) is 48.0 Å². The van der Waals surface area contributed by atoms with Crippen molar-refractivity contribution in [2.45, 2.75) is 0 Å². The summed E-state index contributed by atoms with van der Waals surface area (Å²) < 4.78 is 19.5. The van der Waals surface area contributed by atoms with E-state index in [1.807, 2.05) is 36.4 Å². The van der Waals surface area contributed by atoms with Gasteiger partial charge in [0, 0.05) is 39.4 Å². The summed E-state index contributed by atoms with van der Waals surface area (Å²) in [5.41, 5.74) is 6.90. The van der Waals surface area contributed by atoms with Crippen LogP contribution in [0.1, 0.15) is 0 Å². The third-order valence-electron chi connectivity index (χ3n) is 8.01. The Labute approximate surface area is 240 Å². The molecule has 8 rings (SSSR count). The molecule has 198 valence electrons. The van der Waals surface area contributed by atoms with Crippen molar-refractivity contribution >= 4 is 66.1 Å². The van der Waals surface area contributed by atoms with Crippen LogP contribution in [0.2, 0.25) is 5.02 Å². The van der Waals surface area contributed by atoms with Crippen molar-refractivity contribution in [1.82, 2.24) is 4.57 Å². The lowest BCUT2D eigenvalue weighted by Gasteiger charge is -2.12. The van der Waals surface area contributed by atoms with Crippen LogP contribution >= 0.6 is 11.6 Å². The number of ether oxygens (including phenoxy) is 2. The third-order valence-corrected chi connectivity index (χ3v) is 8.30. The highest BCUT2D eigenvalue weighted by molar-refractivity contribution is 6.37. The number of hydrogen-bond donors (Lipinski definition) is 0. The molecule has 0 spiro atoms. The Balaban J connectivity index is 1.40. The fourth-order valence-corrected chi connectivity index (χ4v) is 6.33. The van der Waals surface area contributed by atoms with Gasteiger partial charge in [-0.15, -0.1) is 0 Å². The molecule has 0 N–H and O–H groups in total. The Hall–Kier alpha value is -4.93. The maximum Gasteiger partial charge on any atom is 0.139 e. The van der Waals surface area contributed by atoms with E-state index >= 15 is 0 Å². The van der Waals surface area contributed by atoms with Gasteiger partial charge in [0.1, 0.15) is 22.7 Å². The highest BCUT2D eigenvalue weighted by Gasteiger charge is 2.18. The van der Waals surface area contributed by atoms with E-state index in [9.17, 15) is 0 Å². The number of furan rings is 1. The first-order valence-corrected chi connectivity index (χ1v) is 13.8. The molecule has 0 atom stereocenters. The lowest BCUT2D eigenvalue weighted by Crippen LogP contribution is -1.95. The molecule has 6 aromatic carbocycles. The second kappa shape index (κ2) is 9.05. The van der Waals surface area contributed by atoms with E-state index in [1.54, 1.807) is 14.2 Å². The maximum atomic E-state index is 7.11. The first-order valence-electron chi connectivity index (χ1n) is 13.4. The number of fused-ring (bicyclic) bond motifs is 7. The highest BCUT2D eigenvalue weighted by atomic mass is 35.5. The van der Waals surface area contributed by atoms with Crippen molar-refractivity contribution in [1.29, 1.82) is 0 Å². The summed E-state index contributed by atoms with van der Waals surface area (Å²) in [6, 6.07) is 37.6. The van der Waals surface area contributed by atoms with Crippen LogP contribution in [0.15, 0.2) is 114 Å². The third kappa shape index (κ3) is 3.68. The van der Waals surface area contributed by atoms with Crippen molar-refractivity contribution in [2.75, 3.05) is 14.2 Å². The molecule has 0 aliphatic carbocycles. The molecule has 0 bridgehead atoms. The predicted molar refractivity (Wildman–Crippen MR) is 169 cm³/mol. The SMILES string of the molecule is COc1ccc2c(c1)oc1cc3ccc(-n4c5cc(OC)ccc5c5cc(-c6ccccc6)cc(Cl)c54)cc3cc12. The van der Waals surface area contributed by atoms with E-state index in [4.69, 9.17) is 25.5 Å². The monoisotopic (exact) mass is 553 g/mol. The molecule has 0 radical (unpaired) electrons. The quantitative estimate of drug-likeness (QED) is 0.217. The molecule has 41 heavy (non-hydrogen) atoms. The summed E-state index contributed by atoms with van der Waals surface area (Å²) in [4.78, 5) is 0. The predicted octanol–water partition coefficient (Wildman–Crippen LogP) is 10.2. The van der Waals surface area contributed by atoms with Crippen LogP contribution < -0.4 is 9.47 Å². The van der Waals surface area contributed by atoms with Crippen LogP contribution in [0, 0.1) is 0 Å². The molecule has 0 amide bonds. The lowest BCUT2D eigenvalue weighted by atomic mass is 10.0. The standard InChI is InChI=1S/C36H24ClNO3/c1-39-26-10-12-28-31-16-24(21-6-4-3-5-7-21)17-32(37)36(31)38(33(28)19-26)25-9-8-22-18-34-30(15-23(22)14-25)29-13-11-27(40-2)20-35(29)41-34/h3-20H,1-2H3. The second-order valence-corrected chi connectivity index (χ2v) is 10.7. The Morgan fingerprint density at radius 3 is 2.15 bits per heavy atom. The van der Waals surface area contributed by atoms with Crippen molar-refractivity contribution in [2.24, 2.45) is 0 Å². The van der Waals surface area contributed by atoms with Gasteiger partial charge in [-0.3, -0.25) is 0 Å². The van der Waals surface area contributed by atoms with E-state index < -0.39 is 0 Å². The number of hydrogen-bond acceptors (Lipinski definition) is 3. The van der Waals surface area contributed by atoms with Gasteiger partial charge in [-0.2, -0.15) is 0 Å². The molecule has 0 aliphatic heterocycles. The highest BCUT2D eigenvalue weighted by Crippen LogP contribution is 2.41. The molecule has 4 nitrogen and oxygen atoms in total. The van der Waals surface area contributed by atoms with E-state index in [-0.39, 0.29) is 0 Å². The summed E-state index contributed by atoms with van der Waals surface area (Å²) in [6.07, 6.45) is 0. The summed E-state index contributed by atoms with van der Waals surface area (Å²) in [6.45, 7) is 0. The minimum atomic E-state index is 0.696. The van der Waals surface area contributed by atoms with Gasteiger partial charge in [-0.25, -0.2) is 0 Å². The number of aromatic nitrogens is 1. The van der Waals surface area contributed by atoms with Gasteiger partial charge < -0.3 is 18.5 Å². The van der Waals surface area contributed by atoms with Crippen LogP contribution in [0.3, 0.4) is 0 Å². The average Bonchev–Trinajstić information content (AvgIpc) is 3.54. The van der Waals surface area contributed by atoms with Gasteiger partial charge in [0.25, 0.3) is 0 Å². The summed E-state index contributed by atoms with van der Waals surface area (Å²) >= 11 is 7.11. The first kappa shape index (κ1) is 23.9. The minimum Gasteiger partial charge on any atom is -0.497 e. The molecule has 0 aliphatic rings. The number of rotatable bonds is 4. The summed E-state index contributed by atoms with van der Waals surface area (Å²) in [5, 5.41) is 7.26. The second-order valence-electron chi connectivity index (χ2n) is 10.3. The summed E-state index contributed by atoms with van der Waals surface area (Å²) in [5.74, 6) is 1.57. The molecule has 5 heteroatoms. The molecule has 0 unspecified atom stereocenters. The number of nitrogens with zero attached hydrogens (tertiary/aromatic N) is 1. The Morgan fingerprint density at radius 1 is 0.585 bits per heavy atom. The van der Waals surface area contributed by atoms with Gasteiger partial charge in [0.15, 0.2) is 0 Å². The number of methoxy groups -OCH3 is 2. The van der Waals surface area contributed by atoms with Gasteiger partial charge in [0.2, 0.25) is 0 Å². The zero-order valence-electron chi connectivity index (χ0n) is 22.4. The van der Waals surface area contributed by atoms with Crippen molar-refractivity contribution in [3.05, 3.63) is 114 Å². The zero-order chi connectivity index (χ0) is 27.7. The van der Waals surface area contributed by atoms with Gasteiger partial charge in [-0.05, 0) is 82.6 Å². The number of benzene rings is 6. The van der Waals surface area contributed by atoms with Crippen LogP contribution in [-0.2, 0) is 0 Å². The molecule has 2 aromatic heterocycles. The molecule has 2 heterocycles. The van der Waals surface area contributed by atoms with Crippen molar-refractivity contribution in [3.8, 4) is 28.3 Å². The number of halogens is 1. The lowest BCUT2D eigenvalue weighted by molar-refractivity contribution is 0.414. The molecule has 0 fully saturated rings. The molecule has 0 saturated carbocycles. The van der Waals surface area contributed by atoms with E-state index in [0.29, 0.717) is 5.02 Å². The smallest absolute Gasteiger partial charge is 0.139 e. The van der Waals surface area contributed by atoms with Crippen LogP contribution in [0.5, 0.6) is 11.5 Å². The Kier molecular flexibility index (Phi) is 5.28. The van der Waals surface area contributed by atoms with Crippen LogP contribution in [0.4, 0.5) is 0 Å². The van der Waals surface area contributed by atoms with Gasteiger partial charge in [0.05, 0.1) is 30.3 Å². The largest absolute Gasteiger partial charge is 0.497 e.